The average molecular weight is 688 g/mol. The van der Waals surface area contributed by atoms with Gasteiger partial charge < -0.3 is 10.2 Å². The van der Waals surface area contributed by atoms with Gasteiger partial charge in [0.05, 0.1) is 29.5 Å². The van der Waals surface area contributed by atoms with Crippen LogP contribution in [-0.2, 0) is 26.0 Å². The number of alkyl halides is 3. The third kappa shape index (κ3) is 8.51. The molecule has 3 aliphatic rings. The zero-order valence-electron chi connectivity index (χ0n) is 21.8. The first-order chi connectivity index (χ1) is 18.0. The lowest BCUT2D eigenvalue weighted by atomic mass is 9.98. The molecule has 1 aromatic carbocycles. The molecule has 0 unspecified atom stereocenters. The van der Waals surface area contributed by atoms with Crippen LogP contribution >= 0.6 is 24.0 Å². The number of nitrogens with zero attached hydrogens (tertiary/aromatic N) is 4. The lowest BCUT2D eigenvalue weighted by molar-refractivity contribution is -0.137. The summed E-state index contributed by atoms with van der Waals surface area (Å²) < 4.78 is 64.7. The molecule has 0 bridgehead atoms. The number of halogens is 4. The SMILES string of the molecule is CC[C@@H](NC=O)c1ccc(C(F)(F)F)cc1.I.N#CC1CN(S(=O)(=O)N2CCC[C@H](C(=O)N3CCCC3)C2)C1.[HH]. The molecule has 14 heteroatoms. The molecule has 39 heavy (non-hydrogen) atoms. The van der Waals surface area contributed by atoms with Crippen LogP contribution < -0.4 is 5.32 Å². The highest BCUT2D eigenvalue weighted by Crippen LogP contribution is 2.30. The molecule has 9 nitrogen and oxygen atoms in total. The summed E-state index contributed by atoms with van der Waals surface area (Å²) >= 11 is 0. The molecule has 3 aliphatic heterocycles. The van der Waals surface area contributed by atoms with E-state index >= 15 is 0 Å². The van der Waals surface area contributed by atoms with Gasteiger partial charge in [-0.25, -0.2) is 0 Å². The van der Waals surface area contributed by atoms with Gasteiger partial charge in [0.15, 0.2) is 0 Å². The van der Waals surface area contributed by atoms with Crippen LogP contribution in [-0.4, -0.2) is 73.5 Å². The fourth-order valence-electron chi connectivity index (χ4n) is 4.86. The second-order valence-corrected chi connectivity index (χ2v) is 11.7. The minimum absolute atomic E-state index is 0. The van der Waals surface area contributed by atoms with Gasteiger partial charge in [-0.2, -0.15) is 35.5 Å². The van der Waals surface area contributed by atoms with E-state index in [4.69, 9.17) is 5.26 Å². The van der Waals surface area contributed by atoms with Gasteiger partial charge in [0, 0.05) is 40.7 Å². The zero-order valence-corrected chi connectivity index (χ0v) is 24.9. The van der Waals surface area contributed by atoms with Crippen LogP contribution in [0.3, 0.4) is 0 Å². The summed E-state index contributed by atoms with van der Waals surface area (Å²) in [5, 5.41) is 11.3. The van der Waals surface area contributed by atoms with E-state index in [1.54, 1.807) is 0 Å². The fraction of sp³-hybridized carbons (Fsp3) is 0.640. The van der Waals surface area contributed by atoms with Gasteiger partial charge in [-0.15, -0.1) is 24.0 Å². The molecule has 2 amide bonds. The standard InChI is InChI=1S/C14H22N4O3S.C11H12F3NO.HI.H2/c15-8-12-9-18(10-12)22(20,21)17-7-3-4-13(11-17)14(19)16-5-1-2-6-16;1-2-10(15-7-16)8-3-5-9(6-4-8)11(12,13)14;;/h12-13H,1-7,9-11H2;3-7,10H,2H2,1H3,(H,15,16);2*1H/t13-;10-;;/m01../s1. The van der Waals surface area contributed by atoms with Gasteiger partial charge >= 0.3 is 6.18 Å². The predicted octanol–water partition coefficient (Wildman–Crippen LogP) is 3.79. The van der Waals surface area contributed by atoms with Crippen molar-refractivity contribution in [2.45, 2.75) is 51.2 Å². The summed E-state index contributed by atoms with van der Waals surface area (Å²) in [6.07, 6.45) is 0.434. The molecular formula is C25H37F3IN5O4S. The highest BCUT2D eigenvalue weighted by Gasteiger charge is 2.42. The molecule has 1 aromatic rings. The van der Waals surface area contributed by atoms with Gasteiger partial charge in [0.25, 0.3) is 10.2 Å². The van der Waals surface area contributed by atoms with E-state index in [2.05, 4.69) is 11.4 Å². The Morgan fingerprint density at radius 2 is 1.74 bits per heavy atom. The first-order valence-corrected chi connectivity index (χ1v) is 14.2. The van der Waals surface area contributed by atoms with Gasteiger partial charge in [-0.05, 0) is 49.8 Å². The molecule has 3 saturated heterocycles. The van der Waals surface area contributed by atoms with Crippen molar-refractivity contribution < 1.29 is 32.6 Å². The van der Waals surface area contributed by atoms with Crippen molar-refractivity contribution in [1.82, 2.24) is 18.8 Å². The first kappa shape index (κ1) is 33.2. The van der Waals surface area contributed by atoms with Gasteiger partial charge in [0.1, 0.15) is 0 Å². The number of piperidine rings is 1. The van der Waals surface area contributed by atoms with E-state index in [9.17, 15) is 31.2 Å². The van der Waals surface area contributed by atoms with Gasteiger partial charge in [0.2, 0.25) is 12.3 Å². The van der Waals surface area contributed by atoms with Gasteiger partial charge in [-0.1, -0.05) is 19.1 Å². The van der Waals surface area contributed by atoms with Gasteiger partial charge in [-0.3, -0.25) is 9.59 Å². The van der Waals surface area contributed by atoms with Crippen LogP contribution in [0.4, 0.5) is 13.2 Å². The number of carbonyl (C=O) groups excluding carboxylic acids is 2. The highest BCUT2D eigenvalue weighted by molar-refractivity contribution is 14.0. The summed E-state index contributed by atoms with van der Waals surface area (Å²) in [5.74, 6) is -0.299. The van der Waals surface area contributed by atoms with Crippen molar-refractivity contribution in [3.8, 4) is 6.07 Å². The molecule has 0 spiro atoms. The van der Waals surface area contributed by atoms with E-state index in [0.29, 0.717) is 24.9 Å². The van der Waals surface area contributed by atoms with Crippen molar-refractivity contribution in [3.63, 3.8) is 0 Å². The number of hydrogen-bond donors (Lipinski definition) is 1. The number of carbonyl (C=O) groups is 2. The van der Waals surface area contributed by atoms with Crippen LogP contribution in [0.1, 0.15) is 57.6 Å². The van der Waals surface area contributed by atoms with E-state index in [-0.39, 0.29) is 68.8 Å². The summed E-state index contributed by atoms with van der Waals surface area (Å²) in [6, 6.07) is 6.65. The number of rotatable bonds is 7. The van der Waals surface area contributed by atoms with Crippen molar-refractivity contribution in [2.75, 3.05) is 39.3 Å². The molecule has 1 N–H and O–H groups in total. The third-order valence-electron chi connectivity index (χ3n) is 7.15. The summed E-state index contributed by atoms with van der Waals surface area (Å²) in [5.41, 5.74) is -0.0141. The molecular weight excluding hydrogens is 650 g/mol. The molecule has 0 aliphatic carbocycles. The van der Waals surface area contributed by atoms with Crippen molar-refractivity contribution in [3.05, 3.63) is 35.4 Å². The summed E-state index contributed by atoms with van der Waals surface area (Å²) in [6.45, 7) is 4.76. The Labute approximate surface area is 246 Å². The van der Waals surface area contributed by atoms with Crippen LogP contribution in [0.15, 0.2) is 24.3 Å². The normalized spacial score (nSPS) is 21.4. The van der Waals surface area contributed by atoms with Crippen LogP contribution in [0.5, 0.6) is 0 Å². The molecule has 0 saturated carbocycles. The lowest BCUT2D eigenvalue weighted by Crippen LogP contribution is -2.57. The van der Waals surface area contributed by atoms with E-state index in [1.165, 1.54) is 20.7 Å². The fourth-order valence-corrected chi connectivity index (χ4v) is 6.65. The first-order valence-electron chi connectivity index (χ1n) is 12.8. The third-order valence-corrected chi connectivity index (χ3v) is 9.09. The monoisotopic (exact) mass is 687 g/mol. The topological polar surface area (TPSA) is 114 Å². The molecule has 3 fully saturated rings. The molecule has 4 rings (SSSR count). The quantitative estimate of drug-likeness (QED) is 0.347. The number of nitriles is 1. The Morgan fingerprint density at radius 3 is 2.26 bits per heavy atom. The smallest absolute Gasteiger partial charge is 0.352 e. The minimum atomic E-state index is -4.32. The Hall–Kier alpha value is -1.96. The van der Waals surface area contributed by atoms with Crippen LogP contribution in [0, 0.1) is 23.2 Å². The maximum atomic E-state index is 12.5. The second-order valence-electron chi connectivity index (χ2n) is 9.75. The second kappa shape index (κ2) is 14.6. The minimum Gasteiger partial charge on any atom is -0.352 e. The molecule has 0 aromatic heterocycles. The number of likely N-dealkylation sites (tertiary alicyclic amines) is 1. The molecule has 3 heterocycles. The van der Waals surface area contributed by atoms with Crippen molar-refractivity contribution in [2.24, 2.45) is 11.8 Å². The molecule has 0 radical (unpaired) electrons. The summed E-state index contributed by atoms with van der Waals surface area (Å²) in [7, 11) is -3.51. The largest absolute Gasteiger partial charge is 0.416 e. The summed E-state index contributed by atoms with van der Waals surface area (Å²) in [4.78, 5) is 24.6. The van der Waals surface area contributed by atoms with Crippen molar-refractivity contribution >= 4 is 46.5 Å². The van der Waals surface area contributed by atoms with E-state index in [1.807, 2.05) is 11.8 Å². The van der Waals surface area contributed by atoms with Crippen LogP contribution in [0.2, 0.25) is 0 Å². The Bertz CT molecular complexity index is 1110. The maximum Gasteiger partial charge on any atom is 0.416 e. The Morgan fingerprint density at radius 1 is 1.13 bits per heavy atom. The zero-order chi connectivity index (χ0) is 27.9. The van der Waals surface area contributed by atoms with E-state index < -0.39 is 21.9 Å². The van der Waals surface area contributed by atoms with Crippen molar-refractivity contribution in [1.29, 1.82) is 5.26 Å². The Balaban J connectivity index is 0.000000400. The number of amides is 2. The number of hydrogen-bond acceptors (Lipinski definition) is 5. The van der Waals surface area contributed by atoms with Crippen LogP contribution in [0.25, 0.3) is 0 Å². The average Bonchev–Trinajstić information content (AvgIpc) is 3.41. The van der Waals surface area contributed by atoms with E-state index in [0.717, 1.165) is 50.9 Å². The molecule has 220 valence electrons. The number of nitrogens with one attached hydrogen (secondary N) is 1. The lowest BCUT2D eigenvalue weighted by Gasteiger charge is -2.40. The maximum absolute atomic E-state index is 12.5. The predicted molar refractivity (Wildman–Crippen MR) is 151 cm³/mol. The molecule has 2 atom stereocenters. The highest BCUT2D eigenvalue weighted by atomic mass is 127. The number of benzene rings is 1. The Kier molecular flexibility index (Phi) is 12.5.